The normalized spacial score (nSPS) is 15.0. The molecule has 7 nitrogen and oxygen atoms in total. The van der Waals surface area contributed by atoms with Crippen molar-refractivity contribution in [3.63, 3.8) is 0 Å². The SMILES string of the molecule is COC(=O)c1ccc(CN2C(=O)C(=O)N(C(C)C)C2=O)cc1. The number of urea groups is 1. The first-order chi connectivity index (χ1) is 10.4. The summed E-state index contributed by atoms with van der Waals surface area (Å²) >= 11 is 0. The summed E-state index contributed by atoms with van der Waals surface area (Å²) in [7, 11) is 1.28. The number of carbonyl (C=O) groups excluding carboxylic acids is 4. The Morgan fingerprint density at radius 2 is 1.68 bits per heavy atom. The van der Waals surface area contributed by atoms with Gasteiger partial charge < -0.3 is 4.74 Å². The maximum absolute atomic E-state index is 12.1. The first-order valence-electron chi connectivity index (χ1n) is 6.73. The molecule has 1 aromatic carbocycles. The van der Waals surface area contributed by atoms with E-state index in [1.807, 2.05) is 0 Å². The van der Waals surface area contributed by atoms with Crippen LogP contribution < -0.4 is 0 Å². The monoisotopic (exact) mass is 304 g/mol. The minimum absolute atomic E-state index is 0.0198. The Balaban J connectivity index is 2.17. The van der Waals surface area contributed by atoms with E-state index < -0.39 is 23.8 Å². The Morgan fingerprint density at radius 3 is 2.14 bits per heavy atom. The highest BCUT2D eigenvalue weighted by Gasteiger charge is 2.45. The smallest absolute Gasteiger partial charge is 0.337 e. The third kappa shape index (κ3) is 2.69. The maximum atomic E-state index is 12.1. The second-order valence-corrected chi connectivity index (χ2v) is 5.13. The lowest BCUT2D eigenvalue weighted by Gasteiger charge is -2.18. The fourth-order valence-electron chi connectivity index (χ4n) is 2.16. The van der Waals surface area contributed by atoms with Crippen LogP contribution in [0.15, 0.2) is 24.3 Å². The van der Waals surface area contributed by atoms with Crippen LogP contribution in [-0.2, 0) is 20.9 Å². The van der Waals surface area contributed by atoms with Crippen molar-refractivity contribution < 1.29 is 23.9 Å². The van der Waals surface area contributed by atoms with Crippen LogP contribution >= 0.6 is 0 Å². The number of benzene rings is 1. The molecule has 2 rings (SSSR count). The van der Waals surface area contributed by atoms with Crippen molar-refractivity contribution in [2.45, 2.75) is 26.4 Å². The highest BCUT2D eigenvalue weighted by Crippen LogP contribution is 2.18. The highest BCUT2D eigenvalue weighted by molar-refractivity contribution is 6.44. The molecule has 0 aliphatic carbocycles. The average molecular weight is 304 g/mol. The minimum atomic E-state index is -0.837. The maximum Gasteiger partial charge on any atom is 0.337 e. The van der Waals surface area contributed by atoms with Gasteiger partial charge in [-0.3, -0.25) is 19.4 Å². The van der Waals surface area contributed by atoms with Crippen molar-refractivity contribution in [3.05, 3.63) is 35.4 Å². The molecule has 22 heavy (non-hydrogen) atoms. The first kappa shape index (κ1) is 15.7. The summed E-state index contributed by atoms with van der Waals surface area (Å²) in [5.41, 5.74) is 0.998. The molecule has 0 aromatic heterocycles. The summed E-state index contributed by atoms with van der Waals surface area (Å²) in [4.78, 5) is 49.0. The predicted molar refractivity (Wildman–Crippen MR) is 75.7 cm³/mol. The number of hydrogen-bond donors (Lipinski definition) is 0. The molecule has 1 aromatic rings. The number of esters is 1. The molecule has 1 heterocycles. The van der Waals surface area contributed by atoms with Crippen LogP contribution in [0.5, 0.6) is 0 Å². The lowest BCUT2D eigenvalue weighted by atomic mass is 10.1. The summed E-state index contributed by atoms with van der Waals surface area (Å²) in [6.45, 7) is 3.31. The van der Waals surface area contributed by atoms with E-state index in [-0.39, 0.29) is 12.6 Å². The highest BCUT2D eigenvalue weighted by atomic mass is 16.5. The van der Waals surface area contributed by atoms with E-state index in [9.17, 15) is 19.2 Å². The molecule has 116 valence electrons. The van der Waals surface area contributed by atoms with Gasteiger partial charge in [0.25, 0.3) is 0 Å². The zero-order valence-corrected chi connectivity index (χ0v) is 12.5. The molecule has 1 aliphatic heterocycles. The molecule has 7 heteroatoms. The third-order valence-electron chi connectivity index (χ3n) is 3.32. The number of rotatable bonds is 4. The minimum Gasteiger partial charge on any atom is -0.465 e. The van der Waals surface area contributed by atoms with Crippen LogP contribution in [-0.4, -0.2) is 46.8 Å². The lowest BCUT2D eigenvalue weighted by Crippen LogP contribution is -2.37. The van der Waals surface area contributed by atoms with Gasteiger partial charge in [-0.25, -0.2) is 9.59 Å². The molecular weight excluding hydrogens is 288 g/mol. The van der Waals surface area contributed by atoms with Crippen molar-refractivity contribution in [1.82, 2.24) is 9.80 Å². The predicted octanol–water partition coefficient (Wildman–Crippen LogP) is 1.17. The average Bonchev–Trinajstić information content (AvgIpc) is 2.71. The zero-order valence-electron chi connectivity index (χ0n) is 12.5. The molecule has 1 aliphatic rings. The van der Waals surface area contributed by atoms with Crippen molar-refractivity contribution in [3.8, 4) is 0 Å². The van der Waals surface area contributed by atoms with Crippen LogP contribution in [0.25, 0.3) is 0 Å². The summed E-state index contributed by atoms with van der Waals surface area (Å²) in [6, 6.07) is 5.28. The van der Waals surface area contributed by atoms with Crippen LogP contribution in [0.2, 0.25) is 0 Å². The van der Waals surface area contributed by atoms with Gasteiger partial charge in [-0.15, -0.1) is 0 Å². The van der Waals surface area contributed by atoms with Crippen LogP contribution in [0.3, 0.4) is 0 Å². The van der Waals surface area contributed by atoms with Gasteiger partial charge in [-0.2, -0.15) is 0 Å². The molecule has 0 saturated carbocycles. The Kier molecular flexibility index (Phi) is 4.25. The molecule has 0 atom stereocenters. The molecule has 1 saturated heterocycles. The summed E-state index contributed by atoms with van der Waals surface area (Å²) in [5.74, 6) is -2.12. The molecule has 0 unspecified atom stereocenters. The molecule has 0 N–H and O–H groups in total. The Bertz CT molecular complexity index is 636. The number of methoxy groups -OCH3 is 1. The molecule has 0 radical (unpaired) electrons. The van der Waals surface area contributed by atoms with Gasteiger partial charge in [0.2, 0.25) is 0 Å². The number of imide groups is 2. The fraction of sp³-hybridized carbons (Fsp3) is 0.333. The van der Waals surface area contributed by atoms with Crippen molar-refractivity contribution in [2.24, 2.45) is 0 Å². The van der Waals surface area contributed by atoms with Crippen molar-refractivity contribution >= 4 is 23.8 Å². The van der Waals surface area contributed by atoms with Crippen LogP contribution in [0.4, 0.5) is 4.79 Å². The molecule has 0 spiro atoms. The number of carbonyl (C=O) groups is 4. The number of hydrogen-bond acceptors (Lipinski definition) is 5. The Hall–Kier alpha value is -2.70. The summed E-state index contributed by atoms with van der Waals surface area (Å²) in [6.07, 6.45) is 0. The van der Waals surface area contributed by atoms with E-state index in [4.69, 9.17) is 0 Å². The third-order valence-corrected chi connectivity index (χ3v) is 3.32. The van der Waals surface area contributed by atoms with Crippen molar-refractivity contribution in [1.29, 1.82) is 0 Å². The van der Waals surface area contributed by atoms with E-state index in [0.29, 0.717) is 11.1 Å². The van der Waals surface area contributed by atoms with Gasteiger partial charge in [-0.1, -0.05) is 12.1 Å². The van der Waals surface area contributed by atoms with Crippen LogP contribution in [0.1, 0.15) is 29.8 Å². The standard InChI is InChI=1S/C15H16N2O5/c1-9(2)17-13(19)12(18)16(15(17)21)8-10-4-6-11(7-5-10)14(20)22-3/h4-7,9H,8H2,1-3H3. The second kappa shape index (κ2) is 5.97. The van der Waals surface area contributed by atoms with Gasteiger partial charge in [0.1, 0.15) is 0 Å². The number of ether oxygens (including phenoxy) is 1. The van der Waals surface area contributed by atoms with E-state index in [1.165, 1.54) is 19.2 Å². The molecular formula is C15H16N2O5. The fourth-order valence-corrected chi connectivity index (χ4v) is 2.16. The first-order valence-corrected chi connectivity index (χ1v) is 6.73. The molecule has 1 fully saturated rings. The number of nitrogens with zero attached hydrogens (tertiary/aromatic N) is 2. The Morgan fingerprint density at radius 1 is 1.09 bits per heavy atom. The molecule has 0 bridgehead atoms. The van der Waals surface area contributed by atoms with Gasteiger partial charge >= 0.3 is 23.8 Å². The largest absolute Gasteiger partial charge is 0.465 e. The van der Waals surface area contributed by atoms with E-state index in [2.05, 4.69) is 4.74 Å². The number of amides is 4. The Labute approximate surface area is 127 Å². The second-order valence-electron chi connectivity index (χ2n) is 5.13. The van der Waals surface area contributed by atoms with Crippen LogP contribution in [0, 0.1) is 0 Å². The van der Waals surface area contributed by atoms with E-state index >= 15 is 0 Å². The van der Waals surface area contributed by atoms with Crippen molar-refractivity contribution in [2.75, 3.05) is 7.11 Å². The van der Waals surface area contributed by atoms with Gasteiger partial charge in [0.05, 0.1) is 19.2 Å². The van der Waals surface area contributed by atoms with E-state index in [1.54, 1.807) is 26.0 Å². The van der Waals surface area contributed by atoms with Gasteiger partial charge in [0, 0.05) is 6.04 Å². The molecule has 4 amide bonds. The topological polar surface area (TPSA) is 84.0 Å². The lowest BCUT2D eigenvalue weighted by molar-refractivity contribution is -0.144. The zero-order chi connectivity index (χ0) is 16.4. The van der Waals surface area contributed by atoms with E-state index in [0.717, 1.165) is 9.80 Å². The quantitative estimate of drug-likeness (QED) is 0.473. The van der Waals surface area contributed by atoms with Gasteiger partial charge in [0.15, 0.2) is 0 Å². The summed E-state index contributed by atoms with van der Waals surface area (Å²) in [5, 5.41) is 0. The summed E-state index contributed by atoms with van der Waals surface area (Å²) < 4.78 is 4.59. The van der Waals surface area contributed by atoms with Gasteiger partial charge in [-0.05, 0) is 31.5 Å².